The smallest absolute Gasteiger partial charge is 0.272 e. The number of rotatable bonds is 2. The van der Waals surface area contributed by atoms with Crippen LogP contribution in [-0.2, 0) is 9.59 Å². The molecule has 122 valence electrons. The maximum atomic E-state index is 12.7. The van der Waals surface area contributed by atoms with Gasteiger partial charge in [0, 0.05) is 5.02 Å². The van der Waals surface area contributed by atoms with Gasteiger partial charge in [-0.3, -0.25) is 9.59 Å². The number of anilines is 1. The molecule has 1 atom stereocenters. The van der Waals surface area contributed by atoms with Crippen molar-refractivity contribution in [2.45, 2.75) is 19.2 Å². The number of hydrogen-bond acceptors (Lipinski definition) is 3. The van der Waals surface area contributed by atoms with E-state index in [9.17, 15) is 9.59 Å². The normalized spacial score (nSPS) is 19.4. The van der Waals surface area contributed by atoms with Crippen LogP contribution in [0.15, 0.2) is 47.5 Å². The van der Waals surface area contributed by atoms with Crippen LogP contribution >= 0.6 is 23.2 Å². The molecule has 0 N–H and O–H groups in total. The molecule has 24 heavy (non-hydrogen) atoms. The highest BCUT2D eigenvalue weighted by Gasteiger charge is 2.44. The van der Waals surface area contributed by atoms with Crippen molar-refractivity contribution in [1.82, 2.24) is 0 Å². The van der Waals surface area contributed by atoms with Crippen molar-refractivity contribution >= 4 is 52.1 Å². The lowest BCUT2D eigenvalue weighted by Crippen LogP contribution is -2.31. The lowest BCUT2D eigenvalue weighted by atomic mass is 10.2. The van der Waals surface area contributed by atoms with Gasteiger partial charge in [0.1, 0.15) is 5.71 Å². The highest BCUT2D eigenvalue weighted by Crippen LogP contribution is 2.28. The van der Waals surface area contributed by atoms with Gasteiger partial charge >= 0.3 is 0 Å². The van der Waals surface area contributed by atoms with Crippen LogP contribution in [0.5, 0.6) is 0 Å². The van der Waals surface area contributed by atoms with Crippen LogP contribution in [0.2, 0.25) is 5.02 Å². The zero-order valence-corrected chi connectivity index (χ0v) is 14.6. The Hall–Kier alpha value is -2.17. The number of aryl methyl sites for hydroxylation is 2. The van der Waals surface area contributed by atoms with Crippen molar-refractivity contribution in [3.8, 4) is 0 Å². The van der Waals surface area contributed by atoms with E-state index in [2.05, 4.69) is 4.99 Å². The van der Waals surface area contributed by atoms with Gasteiger partial charge < -0.3 is 0 Å². The number of carbonyl (C=O) groups excluding carboxylic acids is 2. The Bertz CT molecular complexity index is 877. The maximum absolute atomic E-state index is 12.7. The van der Waals surface area contributed by atoms with E-state index in [0.29, 0.717) is 16.4 Å². The number of carbonyl (C=O) groups is 2. The third-order valence-corrected chi connectivity index (χ3v) is 4.56. The summed E-state index contributed by atoms with van der Waals surface area (Å²) in [5.41, 5.74) is 2.82. The number of benzene rings is 2. The largest absolute Gasteiger partial charge is 0.281 e. The fourth-order valence-corrected chi connectivity index (χ4v) is 2.87. The van der Waals surface area contributed by atoms with Crippen molar-refractivity contribution in [2.75, 3.05) is 4.90 Å². The van der Waals surface area contributed by atoms with Crippen molar-refractivity contribution < 1.29 is 9.59 Å². The summed E-state index contributed by atoms with van der Waals surface area (Å²) >= 11 is 12.2. The summed E-state index contributed by atoms with van der Waals surface area (Å²) < 4.78 is 0. The number of nitrogens with zero attached hydrogens (tertiary/aromatic N) is 2. The van der Waals surface area contributed by atoms with Gasteiger partial charge in [-0.2, -0.15) is 0 Å². The Morgan fingerprint density at radius 2 is 1.83 bits per heavy atom. The molecule has 0 spiro atoms. The van der Waals surface area contributed by atoms with E-state index < -0.39 is 17.2 Å². The van der Waals surface area contributed by atoms with Crippen LogP contribution in [0.3, 0.4) is 0 Å². The predicted molar refractivity (Wildman–Crippen MR) is 96.6 cm³/mol. The lowest BCUT2D eigenvalue weighted by molar-refractivity contribution is -0.120. The van der Waals surface area contributed by atoms with Crippen LogP contribution < -0.4 is 4.90 Å². The fourth-order valence-electron chi connectivity index (χ4n) is 2.46. The molecule has 2 amide bonds. The minimum atomic E-state index is -1.11. The van der Waals surface area contributed by atoms with E-state index in [1.165, 1.54) is 0 Å². The van der Waals surface area contributed by atoms with E-state index in [1.807, 2.05) is 19.9 Å². The SMILES string of the molecule is Cc1cccc(N2C(=O)C(=Nc3ccc(C)c(Cl)c3)C(Cl)C2=O)c1. The summed E-state index contributed by atoms with van der Waals surface area (Å²) in [5, 5.41) is -0.576. The van der Waals surface area contributed by atoms with E-state index in [-0.39, 0.29) is 5.71 Å². The first-order valence-electron chi connectivity index (χ1n) is 7.32. The van der Waals surface area contributed by atoms with Gasteiger partial charge in [0.25, 0.3) is 11.8 Å². The van der Waals surface area contributed by atoms with Gasteiger partial charge in [-0.05, 0) is 49.2 Å². The first-order chi connectivity index (χ1) is 11.4. The van der Waals surface area contributed by atoms with Crippen LogP contribution in [-0.4, -0.2) is 22.9 Å². The number of halogens is 2. The molecule has 0 bridgehead atoms. The quantitative estimate of drug-likeness (QED) is 0.594. The Morgan fingerprint density at radius 1 is 1.08 bits per heavy atom. The van der Waals surface area contributed by atoms with E-state index in [1.54, 1.807) is 36.4 Å². The minimum absolute atomic E-state index is 0.00286. The molecule has 3 rings (SSSR count). The maximum Gasteiger partial charge on any atom is 0.281 e. The number of hydrogen-bond donors (Lipinski definition) is 0. The minimum Gasteiger partial charge on any atom is -0.272 e. The van der Waals surface area contributed by atoms with Gasteiger partial charge in [0.15, 0.2) is 5.38 Å². The molecule has 1 heterocycles. The number of amides is 2. The summed E-state index contributed by atoms with van der Waals surface area (Å²) in [6.07, 6.45) is 0. The lowest BCUT2D eigenvalue weighted by Gasteiger charge is -2.13. The molecule has 1 unspecified atom stereocenters. The van der Waals surface area contributed by atoms with Crippen LogP contribution in [0.25, 0.3) is 0 Å². The number of aliphatic imine (C=N–C) groups is 1. The monoisotopic (exact) mass is 360 g/mol. The highest BCUT2D eigenvalue weighted by atomic mass is 35.5. The standard InChI is InChI=1S/C18H14Cl2N2O2/c1-10-4-3-5-13(8-10)22-17(23)15(20)16(18(22)24)21-12-7-6-11(2)14(19)9-12/h3-9,15H,1-2H3. The molecule has 1 aliphatic rings. The second-order valence-electron chi connectivity index (χ2n) is 5.61. The average Bonchev–Trinajstić information content (AvgIpc) is 2.74. The number of alkyl halides is 1. The van der Waals surface area contributed by atoms with E-state index >= 15 is 0 Å². The molecule has 4 nitrogen and oxygen atoms in total. The molecule has 0 aromatic heterocycles. The molecule has 0 saturated carbocycles. The van der Waals surface area contributed by atoms with Crippen molar-refractivity contribution in [3.63, 3.8) is 0 Å². The molecule has 6 heteroatoms. The van der Waals surface area contributed by atoms with Crippen molar-refractivity contribution in [1.29, 1.82) is 0 Å². The van der Waals surface area contributed by atoms with Gasteiger partial charge in [0.05, 0.1) is 11.4 Å². The second-order valence-corrected chi connectivity index (χ2v) is 6.45. The third kappa shape index (κ3) is 2.95. The summed E-state index contributed by atoms with van der Waals surface area (Å²) in [5.74, 6) is -1.01. The molecule has 1 saturated heterocycles. The van der Waals surface area contributed by atoms with Gasteiger partial charge in [0.2, 0.25) is 0 Å². The Morgan fingerprint density at radius 3 is 2.50 bits per heavy atom. The summed E-state index contributed by atoms with van der Waals surface area (Å²) in [6, 6.07) is 12.3. The number of imide groups is 1. The van der Waals surface area contributed by atoms with Crippen LogP contribution in [0.4, 0.5) is 11.4 Å². The molecule has 1 fully saturated rings. The first-order valence-corrected chi connectivity index (χ1v) is 8.13. The second kappa shape index (κ2) is 6.38. The first kappa shape index (κ1) is 16.7. The predicted octanol–water partition coefficient (Wildman–Crippen LogP) is 4.21. The van der Waals surface area contributed by atoms with Crippen LogP contribution in [0.1, 0.15) is 11.1 Å². The fraction of sp³-hybridized carbons (Fsp3) is 0.167. The molecular weight excluding hydrogens is 347 g/mol. The van der Waals surface area contributed by atoms with E-state index in [0.717, 1.165) is 16.0 Å². The average molecular weight is 361 g/mol. The summed E-state index contributed by atoms with van der Waals surface area (Å²) in [6.45, 7) is 3.75. The molecule has 2 aromatic rings. The van der Waals surface area contributed by atoms with Gasteiger partial charge in [-0.15, -0.1) is 11.6 Å². The summed E-state index contributed by atoms with van der Waals surface area (Å²) in [4.78, 5) is 30.4. The Labute approximate surface area is 149 Å². The summed E-state index contributed by atoms with van der Waals surface area (Å²) in [7, 11) is 0. The third-order valence-electron chi connectivity index (χ3n) is 3.76. The van der Waals surface area contributed by atoms with Gasteiger partial charge in [-0.1, -0.05) is 29.8 Å². The molecule has 0 aliphatic carbocycles. The molecule has 2 aromatic carbocycles. The van der Waals surface area contributed by atoms with Crippen LogP contribution in [0, 0.1) is 13.8 Å². The highest BCUT2D eigenvalue weighted by molar-refractivity contribution is 6.68. The Kier molecular flexibility index (Phi) is 4.43. The zero-order valence-electron chi connectivity index (χ0n) is 13.1. The van der Waals surface area contributed by atoms with Crippen molar-refractivity contribution in [2.24, 2.45) is 4.99 Å². The van der Waals surface area contributed by atoms with Crippen molar-refractivity contribution in [3.05, 3.63) is 58.6 Å². The van der Waals surface area contributed by atoms with E-state index in [4.69, 9.17) is 23.2 Å². The Balaban J connectivity index is 2.01. The molecular formula is C18H14Cl2N2O2. The van der Waals surface area contributed by atoms with Gasteiger partial charge in [-0.25, -0.2) is 9.89 Å². The zero-order chi connectivity index (χ0) is 17.4. The molecule has 0 radical (unpaired) electrons. The molecule has 1 aliphatic heterocycles. The topological polar surface area (TPSA) is 49.7 Å².